The molecule has 1 fully saturated rings. The normalized spacial score (nSPS) is 21.6. The van der Waals surface area contributed by atoms with Gasteiger partial charge >= 0.3 is 5.97 Å². The quantitative estimate of drug-likeness (QED) is 0.624. The Hall–Kier alpha value is -0.440. The minimum Gasteiger partial charge on any atom is -0.460 e. The van der Waals surface area contributed by atoms with Gasteiger partial charge in [0, 0.05) is 10.6 Å². The first-order valence-electron chi connectivity index (χ1n) is 4.78. The number of esters is 1. The third-order valence-corrected chi connectivity index (χ3v) is 3.64. The van der Waals surface area contributed by atoms with Gasteiger partial charge in [-0.2, -0.15) is 0 Å². The van der Waals surface area contributed by atoms with E-state index in [1.807, 2.05) is 12.1 Å². The predicted molar refractivity (Wildman–Crippen MR) is 63.8 cm³/mol. The Balaban J connectivity index is 1.89. The van der Waals surface area contributed by atoms with Crippen LogP contribution in [0.5, 0.6) is 0 Å². The molecule has 0 saturated heterocycles. The first-order valence-corrected chi connectivity index (χ1v) is 5.92. The molecular weight excluding hydrogens is 270 g/mol. The molecule has 0 aliphatic heterocycles. The van der Waals surface area contributed by atoms with Crippen molar-refractivity contribution in [2.45, 2.75) is 17.4 Å². The zero-order valence-corrected chi connectivity index (χ0v) is 10.5. The molecule has 1 aromatic carbocycles. The van der Waals surface area contributed by atoms with Gasteiger partial charge in [0.1, 0.15) is 10.9 Å². The Morgan fingerprint density at radius 2 is 2.06 bits per heavy atom. The first-order chi connectivity index (χ1) is 7.50. The average molecular weight is 280 g/mol. The Labute approximate surface area is 108 Å². The molecule has 0 amide bonds. The van der Waals surface area contributed by atoms with Crippen LogP contribution in [-0.4, -0.2) is 10.3 Å². The maximum atomic E-state index is 11.5. The molecule has 0 bridgehead atoms. The molecule has 0 spiro atoms. The highest BCUT2D eigenvalue weighted by Crippen LogP contribution is 2.53. The SMILES string of the molecule is O=C(OCc1ccccc1Cl)C1CC1(Cl)Cl. The fourth-order valence-electron chi connectivity index (χ4n) is 1.33. The van der Waals surface area contributed by atoms with Gasteiger partial charge in [0.05, 0.1) is 5.92 Å². The Morgan fingerprint density at radius 3 is 2.62 bits per heavy atom. The molecule has 2 rings (SSSR count). The number of carbonyl (C=O) groups is 1. The lowest BCUT2D eigenvalue weighted by Gasteiger charge is -2.06. The summed E-state index contributed by atoms with van der Waals surface area (Å²) in [5.74, 6) is -0.775. The van der Waals surface area contributed by atoms with Crippen molar-refractivity contribution in [3.63, 3.8) is 0 Å². The third-order valence-electron chi connectivity index (χ3n) is 2.44. The number of alkyl halides is 2. The summed E-state index contributed by atoms with van der Waals surface area (Å²) in [5.41, 5.74) is 0.771. The van der Waals surface area contributed by atoms with E-state index in [0.29, 0.717) is 11.4 Å². The van der Waals surface area contributed by atoms with E-state index in [1.54, 1.807) is 12.1 Å². The fraction of sp³-hybridized carbons (Fsp3) is 0.364. The minimum atomic E-state index is -0.933. The number of halogens is 3. The molecule has 2 nitrogen and oxygen atoms in total. The van der Waals surface area contributed by atoms with Crippen molar-refractivity contribution < 1.29 is 9.53 Å². The summed E-state index contributed by atoms with van der Waals surface area (Å²) in [7, 11) is 0. The topological polar surface area (TPSA) is 26.3 Å². The van der Waals surface area contributed by atoms with Crippen LogP contribution in [-0.2, 0) is 16.1 Å². The van der Waals surface area contributed by atoms with E-state index in [2.05, 4.69) is 0 Å². The predicted octanol–water partition coefficient (Wildman–Crippen LogP) is 3.58. The van der Waals surface area contributed by atoms with Crippen molar-refractivity contribution in [2.75, 3.05) is 0 Å². The monoisotopic (exact) mass is 278 g/mol. The van der Waals surface area contributed by atoms with E-state index in [4.69, 9.17) is 39.5 Å². The standard InChI is InChI=1S/C11H9Cl3O2/c12-9-4-2-1-3-7(9)6-16-10(15)8-5-11(8,13)14/h1-4,8H,5-6H2. The lowest BCUT2D eigenvalue weighted by atomic mass is 10.2. The number of rotatable bonds is 3. The van der Waals surface area contributed by atoms with E-state index >= 15 is 0 Å². The molecule has 86 valence electrons. The molecule has 0 aromatic heterocycles. The van der Waals surface area contributed by atoms with Gasteiger partial charge in [0.15, 0.2) is 0 Å². The molecule has 5 heteroatoms. The fourth-order valence-corrected chi connectivity index (χ4v) is 2.01. The van der Waals surface area contributed by atoms with Crippen LogP contribution in [0, 0.1) is 5.92 Å². The van der Waals surface area contributed by atoms with Crippen molar-refractivity contribution in [2.24, 2.45) is 5.92 Å². The highest BCUT2D eigenvalue weighted by molar-refractivity contribution is 6.52. The van der Waals surface area contributed by atoms with E-state index in [9.17, 15) is 4.79 Å². The number of carbonyl (C=O) groups excluding carboxylic acids is 1. The van der Waals surface area contributed by atoms with Crippen LogP contribution in [0.1, 0.15) is 12.0 Å². The van der Waals surface area contributed by atoms with Crippen LogP contribution in [0.3, 0.4) is 0 Å². The maximum Gasteiger partial charge on any atom is 0.312 e. The van der Waals surface area contributed by atoms with E-state index in [-0.39, 0.29) is 12.6 Å². The van der Waals surface area contributed by atoms with Crippen molar-refractivity contribution in [3.05, 3.63) is 34.9 Å². The molecular formula is C11H9Cl3O2. The molecule has 0 heterocycles. The second-order valence-corrected chi connectivity index (χ2v) is 5.67. The summed E-state index contributed by atoms with van der Waals surface area (Å²) in [6.45, 7) is 0.152. The number of hydrogen-bond donors (Lipinski definition) is 0. The zero-order chi connectivity index (χ0) is 11.8. The largest absolute Gasteiger partial charge is 0.460 e. The summed E-state index contributed by atoms with van der Waals surface area (Å²) in [4.78, 5) is 11.5. The summed E-state index contributed by atoms with van der Waals surface area (Å²) < 4.78 is 4.14. The molecule has 0 radical (unpaired) electrons. The summed E-state index contributed by atoms with van der Waals surface area (Å²) >= 11 is 17.4. The second kappa shape index (κ2) is 4.44. The Morgan fingerprint density at radius 1 is 1.44 bits per heavy atom. The van der Waals surface area contributed by atoms with Crippen LogP contribution in [0.2, 0.25) is 5.02 Å². The van der Waals surface area contributed by atoms with Gasteiger partial charge in [0.2, 0.25) is 0 Å². The molecule has 1 unspecified atom stereocenters. The lowest BCUT2D eigenvalue weighted by molar-refractivity contribution is -0.146. The number of ether oxygens (including phenoxy) is 1. The maximum absolute atomic E-state index is 11.5. The van der Waals surface area contributed by atoms with Crippen molar-refractivity contribution >= 4 is 40.8 Å². The highest BCUT2D eigenvalue weighted by atomic mass is 35.5. The molecule has 16 heavy (non-hydrogen) atoms. The summed E-state index contributed by atoms with van der Waals surface area (Å²) in [6.07, 6.45) is 0.456. The van der Waals surface area contributed by atoms with Gasteiger partial charge < -0.3 is 4.74 Å². The average Bonchev–Trinajstić information content (AvgIpc) is 2.86. The van der Waals surface area contributed by atoms with Gasteiger partial charge in [-0.1, -0.05) is 29.8 Å². The van der Waals surface area contributed by atoms with Gasteiger partial charge in [-0.25, -0.2) is 0 Å². The van der Waals surface area contributed by atoms with Crippen molar-refractivity contribution in [1.29, 1.82) is 0 Å². The van der Waals surface area contributed by atoms with Crippen LogP contribution in [0.4, 0.5) is 0 Å². The zero-order valence-electron chi connectivity index (χ0n) is 8.25. The molecule has 1 aromatic rings. The Kier molecular flexibility index (Phi) is 3.34. The molecule has 1 aliphatic carbocycles. The smallest absolute Gasteiger partial charge is 0.312 e. The molecule has 1 aliphatic rings. The van der Waals surface area contributed by atoms with Gasteiger partial charge in [-0.3, -0.25) is 4.79 Å². The summed E-state index contributed by atoms with van der Waals surface area (Å²) in [6, 6.07) is 7.20. The van der Waals surface area contributed by atoms with Crippen LogP contribution >= 0.6 is 34.8 Å². The van der Waals surface area contributed by atoms with Crippen molar-refractivity contribution in [3.8, 4) is 0 Å². The third kappa shape index (κ3) is 2.62. The minimum absolute atomic E-state index is 0.152. The molecule has 0 N–H and O–H groups in total. The van der Waals surface area contributed by atoms with E-state index in [0.717, 1.165) is 5.56 Å². The van der Waals surface area contributed by atoms with Gasteiger partial charge in [-0.15, -0.1) is 23.2 Å². The lowest BCUT2D eigenvalue weighted by Crippen LogP contribution is -2.10. The molecule has 1 saturated carbocycles. The number of benzene rings is 1. The first kappa shape index (κ1) is 12.0. The Bertz CT molecular complexity index is 417. The summed E-state index contributed by atoms with van der Waals surface area (Å²) in [5, 5.41) is 0.578. The molecule has 1 atom stereocenters. The number of hydrogen-bond acceptors (Lipinski definition) is 2. The van der Waals surface area contributed by atoms with E-state index < -0.39 is 10.3 Å². The second-order valence-electron chi connectivity index (χ2n) is 3.72. The van der Waals surface area contributed by atoms with Crippen LogP contribution in [0.25, 0.3) is 0 Å². The van der Waals surface area contributed by atoms with E-state index in [1.165, 1.54) is 0 Å². The van der Waals surface area contributed by atoms with Gasteiger partial charge in [0.25, 0.3) is 0 Å². The van der Waals surface area contributed by atoms with Crippen LogP contribution in [0.15, 0.2) is 24.3 Å². The van der Waals surface area contributed by atoms with Crippen LogP contribution < -0.4 is 0 Å². The highest BCUT2D eigenvalue weighted by Gasteiger charge is 2.57. The van der Waals surface area contributed by atoms with Gasteiger partial charge in [-0.05, 0) is 12.5 Å². The van der Waals surface area contributed by atoms with Crippen molar-refractivity contribution in [1.82, 2.24) is 0 Å².